The van der Waals surface area contributed by atoms with Gasteiger partial charge in [0.1, 0.15) is 11.4 Å². The molecule has 0 aliphatic heterocycles. The zero-order valence-electron chi connectivity index (χ0n) is 11.5. The van der Waals surface area contributed by atoms with Gasteiger partial charge in [0, 0.05) is 0 Å². The van der Waals surface area contributed by atoms with Gasteiger partial charge >= 0.3 is 11.9 Å². The molecule has 1 aromatic heterocycles. The molecular weight excluding hydrogens is 313 g/mol. The molecule has 0 atom stereocenters. The summed E-state index contributed by atoms with van der Waals surface area (Å²) in [5.74, 6) is -2.76. The van der Waals surface area contributed by atoms with Crippen LogP contribution in [0.1, 0.15) is 27.9 Å². The van der Waals surface area contributed by atoms with Gasteiger partial charge in [-0.3, -0.25) is 0 Å². The smallest absolute Gasteiger partial charge is 0.362 e. The topological polar surface area (TPSA) is 65.5 Å². The second-order valence-electron chi connectivity index (χ2n) is 4.07. The molecule has 2 aromatic rings. The van der Waals surface area contributed by atoms with Gasteiger partial charge in [-0.1, -0.05) is 23.7 Å². The van der Waals surface area contributed by atoms with Gasteiger partial charge in [0.05, 0.1) is 11.6 Å². The maximum absolute atomic E-state index is 13.6. The van der Waals surface area contributed by atoms with Crippen molar-refractivity contribution in [1.29, 1.82) is 0 Å². The highest BCUT2D eigenvalue weighted by molar-refractivity contribution is 6.32. The molecule has 0 aliphatic rings. The SMILES string of the molecule is CCOC(=O)c1cccc(C(=O)Oc2c(F)cccc2Cl)n1. The van der Waals surface area contributed by atoms with Crippen LogP contribution in [-0.4, -0.2) is 23.5 Å². The molecule has 114 valence electrons. The third-order valence-electron chi connectivity index (χ3n) is 2.56. The molecule has 2 rings (SSSR count). The average Bonchev–Trinajstić information content (AvgIpc) is 2.51. The highest BCUT2D eigenvalue weighted by Gasteiger charge is 2.18. The number of carbonyl (C=O) groups excluding carboxylic acids is 2. The molecule has 5 nitrogen and oxygen atoms in total. The van der Waals surface area contributed by atoms with E-state index in [1.54, 1.807) is 6.92 Å². The van der Waals surface area contributed by atoms with E-state index >= 15 is 0 Å². The van der Waals surface area contributed by atoms with Gasteiger partial charge in [-0.05, 0) is 31.2 Å². The molecule has 1 heterocycles. The Hall–Kier alpha value is -2.47. The molecule has 0 saturated carbocycles. The van der Waals surface area contributed by atoms with E-state index in [0.717, 1.165) is 6.07 Å². The third-order valence-corrected chi connectivity index (χ3v) is 2.85. The minimum atomic E-state index is -0.932. The lowest BCUT2D eigenvalue weighted by Gasteiger charge is -2.07. The van der Waals surface area contributed by atoms with Crippen molar-refractivity contribution in [2.45, 2.75) is 6.92 Å². The van der Waals surface area contributed by atoms with Crippen molar-refractivity contribution in [3.63, 3.8) is 0 Å². The van der Waals surface area contributed by atoms with Crippen LogP contribution in [0.3, 0.4) is 0 Å². The van der Waals surface area contributed by atoms with E-state index in [9.17, 15) is 14.0 Å². The largest absolute Gasteiger partial charge is 0.461 e. The first-order valence-electron chi connectivity index (χ1n) is 6.33. The molecule has 1 aromatic carbocycles. The van der Waals surface area contributed by atoms with E-state index in [0.29, 0.717) is 0 Å². The summed E-state index contributed by atoms with van der Waals surface area (Å²) < 4.78 is 23.3. The predicted octanol–water partition coefficient (Wildman–Crippen LogP) is 3.27. The van der Waals surface area contributed by atoms with Gasteiger partial charge in [-0.2, -0.15) is 0 Å². The molecule has 7 heteroatoms. The number of carbonyl (C=O) groups is 2. The van der Waals surface area contributed by atoms with Gasteiger partial charge in [-0.25, -0.2) is 19.0 Å². The maximum atomic E-state index is 13.6. The first-order chi connectivity index (χ1) is 10.5. The number of benzene rings is 1. The van der Waals surface area contributed by atoms with Crippen LogP contribution in [0.25, 0.3) is 0 Å². The molecule has 0 N–H and O–H groups in total. The number of esters is 2. The van der Waals surface area contributed by atoms with Crippen LogP contribution in [0.2, 0.25) is 5.02 Å². The third kappa shape index (κ3) is 3.59. The lowest BCUT2D eigenvalue weighted by Crippen LogP contribution is -2.15. The van der Waals surface area contributed by atoms with E-state index in [1.807, 2.05) is 0 Å². The standard InChI is InChI=1S/C15H11ClFNO4/c1-2-21-14(19)11-7-4-8-12(18-11)15(20)22-13-9(16)5-3-6-10(13)17/h3-8H,2H2,1H3. The van der Waals surface area contributed by atoms with Crippen molar-refractivity contribution in [2.24, 2.45) is 0 Å². The lowest BCUT2D eigenvalue weighted by atomic mass is 10.3. The Morgan fingerprint density at radius 2 is 1.77 bits per heavy atom. The summed E-state index contributed by atoms with van der Waals surface area (Å²) in [5.41, 5.74) is -0.208. The van der Waals surface area contributed by atoms with E-state index in [4.69, 9.17) is 21.1 Å². The number of aromatic nitrogens is 1. The number of para-hydroxylation sites is 1. The van der Waals surface area contributed by atoms with Crippen LogP contribution in [-0.2, 0) is 4.74 Å². The fourth-order valence-corrected chi connectivity index (χ4v) is 1.79. The summed E-state index contributed by atoms with van der Waals surface area (Å²) in [6, 6.07) is 8.05. The number of halogens is 2. The fourth-order valence-electron chi connectivity index (χ4n) is 1.59. The van der Waals surface area contributed by atoms with Gasteiger partial charge in [-0.15, -0.1) is 0 Å². The normalized spacial score (nSPS) is 10.1. The summed E-state index contributed by atoms with van der Waals surface area (Å²) in [4.78, 5) is 27.4. The van der Waals surface area contributed by atoms with Crippen molar-refractivity contribution in [1.82, 2.24) is 4.98 Å². The Balaban J connectivity index is 2.23. The van der Waals surface area contributed by atoms with Crippen LogP contribution in [0, 0.1) is 5.82 Å². The Morgan fingerprint density at radius 3 is 2.41 bits per heavy atom. The number of rotatable bonds is 4. The fraction of sp³-hybridized carbons (Fsp3) is 0.133. The lowest BCUT2D eigenvalue weighted by molar-refractivity contribution is 0.0519. The summed E-state index contributed by atoms with van der Waals surface area (Å²) >= 11 is 5.77. The van der Waals surface area contributed by atoms with Crippen LogP contribution < -0.4 is 4.74 Å². The second kappa shape index (κ2) is 7.00. The van der Waals surface area contributed by atoms with Gasteiger partial charge in [0.15, 0.2) is 11.6 Å². The Bertz CT molecular complexity index is 700. The number of nitrogens with zero attached hydrogens (tertiary/aromatic N) is 1. The molecule has 0 bridgehead atoms. The second-order valence-corrected chi connectivity index (χ2v) is 4.48. The molecule has 0 spiro atoms. The number of ether oxygens (including phenoxy) is 2. The monoisotopic (exact) mass is 323 g/mol. The zero-order chi connectivity index (χ0) is 16.1. The Kier molecular flexibility index (Phi) is 5.06. The minimum Gasteiger partial charge on any atom is -0.461 e. The average molecular weight is 324 g/mol. The first kappa shape index (κ1) is 15.9. The molecule has 0 fully saturated rings. The quantitative estimate of drug-likeness (QED) is 0.638. The van der Waals surface area contributed by atoms with Crippen molar-refractivity contribution >= 4 is 23.5 Å². The minimum absolute atomic E-state index is 0.0454. The summed E-state index contributed by atoms with van der Waals surface area (Å²) in [5, 5.41) is -0.0464. The van der Waals surface area contributed by atoms with Crippen LogP contribution >= 0.6 is 11.6 Å². The molecular formula is C15H11ClFNO4. The molecule has 0 aliphatic carbocycles. The van der Waals surface area contributed by atoms with E-state index in [2.05, 4.69) is 4.98 Å². The van der Waals surface area contributed by atoms with Crippen LogP contribution in [0.5, 0.6) is 5.75 Å². The number of hydrogen-bond donors (Lipinski definition) is 0. The van der Waals surface area contributed by atoms with Crippen molar-refractivity contribution in [3.8, 4) is 5.75 Å². The highest BCUT2D eigenvalue weighted by Crippen LogP contribution is 2.27. The summed E-state index contributed by atoms with van der Waals surface area (Å²) in [6.45, 7) is 1.83. The summed E-state index contributed by atoms with van der Waals surface area (Å²) in [6.07, 6.45) is 0. The molecule has 0 radical (unpaired) electrons. The van der Waals surface area contributed by atoms with Gasteiger partial charge in [0.2, 0.25) is 0 Å². The van der Waals surface area contributed by atoms with Gasteiger partial charge in [0.25, 0.3) is 0 Å². The van der Waals surface area contributed by atoms with Gasteiger partial charge < -0.3 is 9.47 Å². The van der Waals surface area contributed by atoms with E-state index < -0.39 is 23.5 Å². The summed E-state index contributed by atoms with van der Waals surface area (Å²) in [7, 11) is 0. The van der Waals surface area contributed by atoms with E-state index in [1.165, 1.54) is 30.3 Å². The number of hydrogen-bond acceptors (Lipinski definition) is 5. The van der Waals surface area contributed by atoms with E-state index in [-0.39, 0.29) is 23.0 Å². The zero-order valence-corrected chi connectivity index (χ0v) is 12.3. The Morgan fingerprint density at radius 1 is 1.14 bits per heavy atom. The van der Waals surface area contributed by atoms with Crippen molar-refractivity contribution in [3.05, 3.63) is 58.6 Å². The number of pyridine rings is 1. The molecule has 0 unspecified atom stereocenters. The first-order valence-corrected chi connectivity index (χ1v) is 6.71. The van der Waals surface area contributed by atoms with Crippen molar-refractivity contribution in [2.75, 3.05) is 6.61 Å². The molecule has 0 saturated heterocycles. The van der Waals surface area contributed by atoms with Crippen LogP contribution in [0.4, 0.5) is 4.39 Å². The predicted molar refractivity (Wildman–Crippen MR) is 76.6 cm³/mol. The molecule has 0 amide bonds. The highest BCUT2D eigenvalue weighted by atomic mass is 35.5. The Labute approximate surface area is 130 Å². The van der Waals surface area contributed by atoms with Crippen LogP contribution in [0.15, 0.2) is 36.4 Å². The maximum Gasteiger partial charge on any atom is 0.362 e. The molecule has 22 heavy (non-hydrogen) atoms. The van der Waals surface area contributed by atoms with Crippen molar-refractivity contribution < 1.29 is 23.5 Å².